The fraction of sp³-hybridized carbons (Fsp3) is 0.312. The first-order chi connectivity index (χ1) is 13.1. The van der Waals surface area contributed by atoms with Crippen LogP contribution in [0.5, 0.6) is 0 Å². The van der Waals surface area contributed by atoms with E-state index in [9.17, 15) is 27.2 Å². The molecule has 1 fully saturated rings. The Labute approximate surface area is 160 Å². The molecule has 1 aromatic carbocycles. The Morgan fingerprint density at radius 3 is 2.79 bits per heavy atom. The number of carbonyl (C=O) groups excluding carboxylic acids is 2. The number of alkyl carbamates (subject to hydrolysis) is 1. The smallest absolute Gasteiger partial charge is 0.408 e. The van der Waals surface area contributed by atoms with Gasteiger partial charge in [-0.1, -0.05) is 17.7 Å². The predicted octanol–water partition coefficient (Wildman–Crippen LogP) is 2.55. The molecule has 3 rings (SSSR count). The van der Waals surface area contributed by atoms with E-state index in [1.807, 2.05) is 0 Å². The fourth-order valence-electron chi connectivity index (χ4n) is 2.62. The first-order valence-corrected chi connectivity index (χ1v) is 8.29. The number of benzene rings is 1. The van der Waals surface area contributed by atoms with E-state index in [2.05, 4.69) is 15.7 Å². The number of halogens is 5. The van der Waals surface area contributed by atoms with E-state index in [0.29, 0.717) is 10.2 Å². The van der Waals surface area contributed by atoms with Crippen LogP contribution in [0, 0.1) is 5.82 Å². The van der Waals surface area contributed by atoms with Crippen molar-refractivity contribution in [3.8, 4) is 0 Å². The third-order valence-electron chi connectivity index (χ3n) is 3.86. The number of hydrogen-bond acceptors (Lipinski definition) is 4. The van der Waals surface area contributed by atoms with Crippen LogP contribution < -0.4 is 10.6 Å². The second kappa shape index (κ2) is 7.66. The molecule has 2 amide bonds. The van der Waals surface area contributed by atoms with Gasteiger partial charge in [0.1, 0.15) is 12.4 Å². The lowest BCUT2D eigenvalue weighted by atomic mass is 10.0. The van der Waals surface area contributed by atoms with Gasteiger partial charge < -0.3 is 15.4 Å². The molecule has 2 heterocycles. The van der Waals surface area contributed by atoms with E-state index in [4.69, 9.17) is 16.3 Å². The number of rotatable bonds is 5. The highest BCUT2D eigenvalue weighted by atomic mass is 35.5. The molecule has 12 heteroatoms. The van der Waals surface area contributed by atoms with Gasteiger partial charge in [0.05, 0.1) is 23.8 Å². The van der Waals surface area contributed by atoms with Crippen LogP contribution in [-0.4, -0.2) is 40.6 Å². The molecule has 1 aromatic heterocycles. The van der Waals surface area contributed by atoms with Gasteiger partial charge in [-0.2, -0.15) is 18.3 Å². The summed E-state index contributed by atoms with van der Waals surface area (Å²) < 4.78 is 56.7. The number of carbonyl (C=O) groups is 2. The molecule has 0 spiro atoms. The van der Waals surface area contributed by atoms with Gasteiger partial charge in [0, 0.05) is 11.8 Å². The Balaban J connectivity index is 1.89. The number of amides is 2. The maximum Gasteiger partial charge on any atom is 0.408 e. The van der Waals surface area contributed by atoms with Crippen LogP contribution in [0.3, 0.4) is 0 Å². The summed E-state index contributed by atoms with van der Waals surface area (Å²) >= 11 is 5.78. The zero-order chi connectivity index (χ0) is 20.5. The maximum absolute atomic E-state index is 13.5. The third kappa shape index (κ3) is 4.71. The van der Waals surface area contributed by atoms with Crippen molar-refractivity contribution in [2.75, 3.05) is 6.54 Å². The topological polar surface area (TPSA) is 85.3 Å². The highest BCUT2D eigenvalue weighted by molar-refractivity contribution is 6.30. The summed E-state index contributed by atoms with van der Waals surface area (Å²) in [5, 5.41) is 8.30. The monoisotopic (exact) mass is 420 g/mol. The Bertz CT molecular complexity index is 902. The molecule has 7 nitrogen and oxygen atoms in total. The molecule has 150 valence electrons. The number of nitrogens with one attached hydrogen (secondary N) is 2. The van der Waals surface area contributed by atoms with E-state index < -0.39 is 42.7 Å². The number of alkyl halides is 3. The van der Waals surface area contributed by atoms with Crippen LogP contribution in [0.2, 0.25) is 5.02 Å². The Morgan fingerprint density at radius 1 is 1.43 bits per heavy atom. The minimum Gasteiger partial charge on any atom is -0.434 e. The molecule has 28 heavy (non-hydrogen) atoms. The van der Waals surface area contributed by atoms with E-state index >= 15 is 0 Å². The van der Waals surface area contributed by atoms with Crippen LogP contribution in [-0.2, 0) is 16.1 Å². The molecule has 2 N–H and O–H groups in total. The van der Waals surface area contributed by atoms with Crippen LogP contribution in [0.25, 0.3) is 0 Å². The molecule has 1 aliphatic rings. The molecule has 0 aliphatic carbocycles. The number of cyclic esters (lactones) is 1. The fourth-order valence-corrected chi connectivity index (χ4v) is 2.81. The molecule has 0 saturated carbocycles. The average Bonchev–Trinajstić information content (AvgIpc) is 3.23. The van der Waals surface area contributed by atoms with E-state index in [1.165, 1.54) is 12.1 Å². The first kappa shape index (κ1) is 19.9. The summed E-state index contributed by atoms with van der Waals surface area (Å²) in [6, 6.07) is 2.63. The van der Waals surface area contributed by atoms with Gasteiger partial charge in [0.2, 0.25) is 0 Å². The average molecular weight is 421 g/mol. The van der Waals surface area contributed by atoms with Gasteiger partial charge in [0.15, 0.2) is 6.10 Å². The zero-order valence-corrected chi connectivity index (χ0v) is 14.7. The summed E-state index contributed by atoms with van der Waals surface area (Å²) in [7, 11) is 0. The SMILES string of the molecule is O=C1NCC(C(=O)N[C@H](c2ccc(F)c(Cl)c2)c2cnn(CC(F)(F)F)c2)O1. The van der Waals surface area contributed by atoms with Gasteiger partial charge >= 0.3 is 12.3 Å². The van der Waals surface area contributed by atoms with Crippen molar-refractivity contribution in [3.63, 3.8) is 0 Å². The molecule has 1 saturated heterocycles. The molecule has 2 aromatic rings. The molecular formula is C16H13ClF4N4O3. The van der Waals surface area contributed by atoms with Crippen LogP contribution in [0.15, 0.2) is 30.6 Å². The van der Waals surface area contributed by atoms with E-state index in [0.717, 1.165) is 18.5 Å². The Morgan fingerprint density at radius 2 is 2.18 bits per heavy atom. The number of hydrogen-bond donors (Lipinski definition) is 2. The third-order valence-corrected chi connectivity index (χ3v) is 4.15. The lowest BCUT2D eigenvalue weighted by Crippen LogP contribution is -2.39. The highest BCUT2D eigenvalue weighted by Crippen LogP contribution is 2.27. The van der Waals surface area contributed by atoms with Gasteiger partial charge in [-0.25, -0.2) is 9.18 Å². The van der Waals surface area contributed by atoms with Crippen LogP contribution in [0.4, 0.5) is 22.4 Å². The largest absolute Gasteiger partial charge is 0.434 e. The van der Waals surface area contributed by atoms with Crippen molar-refractivity contribution >= 4 is 23.6 Å². The highest BCUT2D eigenvalue weighted by Gasteiger charge is 2.33. The van der Waals surface area contributed by atoms with Crippen LogP contribution in [0.1, 0.15) is 17.2 Å². The Hall–Kier alpha value is -2.82. The summed E-state index contributed by atoms with van der Waals surface area (Å²) in [6.07, 6.45) is -4.11. The second-order valence-electron chi connectivity index (χ2n) is 5.98. The first-order valence-electron chi connectivity index (χ1n) is 7.91. The van der Waals surface area contributed by atoms with E-state index in [-0.39, 0.29) is 17.1 Å². The molecule has 2 atom stereocenters. The minimum atomic E-state index is -4.48. The second-order valence-corrected chi connectivity index (χ2v) is 6.38. The molecule has 0 bridgehead atoms. The van der Waals surface area contributed by atoms with Crippen molar-refractivity contribution in [3.05, 3.63) is 52.6 Å². The van der Waals surface area contributed by atoms with Crippen molar-refractivity contribution < 1.29 is 31.9 Å². The quantitative estimate of drug-likeness (QED) is 0.728. The number of ether oxygens (including phenoxy) is 1. The summed E-state index contributed by atoms with van der Waals surface area (Å²) in [6.45, 7) is -1.38. The normalized spacial score (nSPS) is 17.8. The van der Waals surface area contributed by atoms with Gasteiger partial charge in [-0.05, 0) is 17.7 Å². The van der Waals surface area contributed by atoms with Crippen molar-refractivity contribution in [2.45, 2.75) is 24.9 Å². The maximum atomic E-state index is 13.5. The van der Waals surface area contributed by atoms with Gasteiger partial charge in [0.25, 0.3) is 5.91 Å². The van der Waals surface area contributed by atoms with Crippen molar-refractivity contribution in [2.24, 2.45) is 0 Å². The lowest BCUT2D eigenvalue weighted by molar-refractivity contribution is -0.142. The van der Waals surface area contributed by atoms with Gasteiger partial charge in [-0.3, -0.25) is 9.48 Å². The van der Waals surface area contributed by atoms with Crippen molar-refractivity contribution in [1.82, 2.24) is 20.4 Å². The van der Waals surface area contributed by atoms with Crippen LogP contribution >= 0.6 is 11.6 Å². The summed E-state index contributed by atoms with van der Waals surface area (Å²) in [5.41, 5.74) is 0.515. The molecule has 1 unspecified atom stereocenters. The van der Waals surface area contributed by atoms with Gasteiger partial charge in [-0.15, -0.1) is 0 Å². The van der Waals surface area contributed by atoms with Crippen molar-refractivity contribution in [1.29, 1.82) is 0 Å². The lowest BCUT2D eigenvalue weighted by Gasteiger charge is -2.20. The molecule has 0 radical (unpaired) electrons. The zero-order valence-electron chi connectivity index (χ0n) is 14.0. The standard InChI is InChI=1S/C16H13ClF4N4O3/c17-10-3-8(1-2-11(10)18)13(24-14(26)12-5-22-15(27)28-12)9-4-23-25(6-9)7-16(19,20)21/h1-4,6,12-13H,5,7H2,(H,22,27)(H,24,26)/t12?,13-/m1/s1. The minimum absolute atomic E-state index is 0.0606. The summed E-state index contributed by atoms with van der Waals surface area (Å²) in [4.78, 5) is 23.5. The molecule has 1 aliphatic heterocycles. The Kier molecular flexibility index (Phi) is 5.45. The molecular weight excluding hydrogens is 408 g/mol. The number of nitrogens with zero attached hydrogens (tertiary/aromatic N) is 2. The summed E-state index contributed by atoms with van der Waals surface area (Å²) in [5.74, 6) is -1.38. The number of aromatic nitrogens is 2. The van der Waals surface area contributed by atoms with E-state index in [1.54, 1.807) is 0 Å². The predicted molar refractivity (Wildman–Crippen MR) is 87.9 cm³/mol.